The van der Waals surface area contributed by atoms with Crippen LogP contribution >= 0.6 is 22.4 Å². The Labute approximate surface area is 73.5 Å². The van der Waals surface area contributed by atoms with Gasteiger partial charge in [-0.3, -0.25) is 0 Å². The van der Waals surface area contributed by atoms with Crippen LogP contribution in [0.15, 0.2) is 0 Å². The van der Waals surface area contributed by atoms with Crippen LogP contribution in [0.3, 0.4) is 0 Å². The van der Waals surface area contributed by atoms with Crippen LogP contribution in [0.4, 0.5) is 0 Å². The molecule has 0 aliphatic carbocycles. The third-order valence-electron chi connectivity index (χ3n) is 2.02. The fourth-order valence-electron chi connectivity index (χ4n) is 0.597. The van der Waals surface area contributed by atoms with Crippen LogP contribution in [0.2, 0.25) is 5.82 Å². The van der Waals surface area contributed by atoms with Crippen molar-refractivity contribution >= 4 is 34.6 Å². The topological polar surface area (TPSA) is 0 Å². The van der Waals surface area contributed by atoms with Gasteiger partial charge in [-0.05, 0) is 5.41 Å². The molecule has 0 saturated carbocycles. The summed E-state index contributed by atoms with van der Waals surface area (Å²) in [5, 5.41) is 1.29. The summed E-state index contributed by atoms with van der Waals surface area (Å²) in [7, 11) is 1.35. The van der Waals surface area contributed by atoms with Crippen molar-refractivity contribution in [3.05, 3.63) is 0 Å². The lowest BCUT2D eigenvalue weighted by Crippen LogP contribution is -2.19. The molecule has 0 amide bonds. The van der Waals surface area contributed by atoms with E-state index >= 15 is 0 Å². The van der Waals surface area contributed by atoms with E-state index in [9.17, 15) is 0 Å². The second-order valence-electron chi connectivity index (χ2n) is 3.74. The quantitative estimate of drug-likeness (QED) is 0.507. The Hall–Kier alpha value is 0.860. The average Bonchev–Trinajstić information content (AvgIpc) is 1.64. The number of halogens is 1. The van der Waals surface area contributed by atoms with E-state index in [1.807, 2.05) is 0 Å². The highest BCUT2D eigenvalue weighted by Gasteiger charge is 2.19. The van der Waals surface area contributed by atoms with Crippen LogP contribution in [0, 0.1) is 5.41 Å². The minimum Gasteiger partial charge on any atom is -0.166 e. The molecule has 1 unspecified atom stereocenters. The summed E-state index contributed by atoms with van der Waals surface area (Å²) >= 11 is 2.44. The van der Waals surface area contributed by atoms with Crippen LogP contribution in [0.5, 0.6) is 0 Å². The first-order chi connectivity index (χ1) is 3.98. The van der Waals surface area contributed by atoms with Gasteiger partial charge in [0.05, 0.1) is 0 Å². The zero-order valence-corrected chi connectivity index (χ0v) is 9.03. The van der Waals surface area contributed by atoms with E-state index in [1.165, 1.54) is 12.2 Å². The predicted molar refractivity (Wildman–Crippen MR) is 57.2 cm³/mol. The lowest BCUT2D eigenvalue weighted by Gasteiger charge is -2.25. The molecular formula is C6H15B2I. The molecule has 0 aromatic rings. The molecule has 52 valence electrons. The fourth-order valence-corrected chi connectivity index (χ4v) is 1.53. The normalized spacial score (nSPS) is 14.8. The first-order valence-corrected chi connectivity index (χ1v) is 5.07. The smallest absolute Gasteiger partial charge is 0.164 e. The second kappa shape index (κ2) is 3.89. The molecule has 0 aliphatic heterocycles. The van der Waals surface area contributed by atoms with Gasteiger partial charge < -0.3 is 0 Å². The molecule has 0 saturated heterocycles. The van der Waals surface area contributed by atoms with Crippen molar-refractivity contribution in [3.63, 3.8) is 0 Å². The van der Waals surface area contributed by atoms with Crippen molar-refractivity contribution in [1.82, 2.24) is 0 Å². The van der Waals surface area contributed by atoms with Gasteiger partial charge in [-0.1, -0.05) is 33.5 Å². The van der Waals surface area contributed by atoms with E-state index < -0.39 is 0 Å². The van der Waals surface area contributed by atoms with Gasteiger partial charge in [0, 0.05) is 0 Å². The molecule has 0 aromatic carbocycles. The molecule has 3 heteroatoms. The maximum Gasteiger partial charge on any atom is 0.164 e. The molecule has 0 spiro atoms. The molecule has 0 radical (unpaired) electrons. The Morgan fingerprint density at radius 2 is 1.78 bits per heavy atom. The van der Waals surface area contributed by atoms with E-state index in [4.69, 9.17) is 0 Å². The van der Waals surface area contributed by atoms with E-state index in [2.05, 4.69) is 50.1 Å². The number of hydrogen-bond donors (Lipinski definition) is 0. The molecule has 0 bridgehead atoms. The summed E-state index contributed by atoms with van der Waals surface area (Å²) in [4.78, 5) is 0. The summed E-state index contributed by atoms with van der Waals surface area (Å²) in [6.45, 7) is 9.26. The Kier molecular flexibility index (Phi) is 4.26. The zero-order valence-electron chi connectivity index (χ0n) is 6.87. The van der Waals surface area contributed by atoms with Crippen LogP contribution in [0.25, 0.3) is 0 Å². The van der Waals surface area contributed by atoms with Crippen molar-refractivity contribution < 1.29 is 0 Å². The predicted octanol–water partition coefficient (Wildman–Crippen LogP) is 1.98. The van der Waals surface area contributed by atoms with Crippen LogP contribution in [-0.2, 0) is 0 Å². The fraction of sp³-hybridized carbons (Fsp3) is 1.00. The highest BCUT2D eigenvalue weighted by atomic mass is 127. The Morgan fingerprint density at radius 1 is 1.33 bits per heavy atom. The molecule has 9 heavy (non-hydrogen) atoms. The summed E-state index contributed by atoms with van der Waals surface area (Å²) in [6.07, 6.45) is 0. The summed E-state index contributed by atoms with van der Waals surface area (Å²) in [5.41, 5.74) is 0.505. The van der Waals surface area contributed by atoms with Crippen LogP contribution < -0.4 is 0 Å². The third kappa shape index (κ3) is 4.29. The zero-order chi connectivity index (χ0) is 7.49. The summed E-state index contributed by atoms with van der Waals surface area (Å²) in [5.74, 6) is 0.856. The average molecular weight is 236 g/mol. The first kappa shape index (κ1) is 9.86. The minimum atomic E-state index is 0.505. The van der Waals surface area contributed by atoms with Gasteiger partial charge in [-0.2, -0.15) is 22.4 Å². The van der Waals surface area contributed by atoms with Gasteiger partial charge in [0.1, 0.15) is 7.17 Å². The van der Waals surface area contributed by atoms with Crippen molar-refractivity contribution in [2.24, 2.45) is 5.41 Å². The molecule has 1 atom stereocenters. The Balaban J connectivity index is 3.59. The van der Waals surface area contributed by atoms with Gasteiger partial charge in [-0.25, -0.2) is 0 Å². The molecule has 0 heterocycles. The van der Waals surface area contributed by atoms with Crippen molar-refractivity contribution in [2.45, 2.75) is 33.5 Å². The molecule has 0 fully saturated rings. The summed E-state index contributed by atoms with van der Waals surface area (Å²) in [6, 6.07) is 0. The largest absolute Gasteiger partial charge is 0.166 e. The maximum absolute atomic E-state index is 2.44. The molecular weight excluding hydrogens is 221 g/mol. The second-order valence-corrected chi connectivity index (χ2v) is 4.82. The monoisotopic (exact) mass is 236 g/mol. The van der Waals surface area contributed by atoms with Gasteiger partial charge in [0.25, 0.3) is 0 Å². The minimum absolute atomic E-state index is 0.505. The van der Waals surface area contributed by atoms with Gasteiger partial charge in [-0.15, -0.1) is 0 Å². The van der Waals surface area contributed by atoms with E-state index in [0.717, 1.165) is 5.82 Å². The van der Waals surface area contributed by atoms with Crippen molar-refractivity contribution in [2.75, 3.05) is 0 Å². The SMILES string of the molecule is CC(BBI)C(C)(C)C. The molecule has 0 N–H and O–H groups in total. The Morgan fingerprint density at radius 3 is 1.89 bits per heavy atom. The van der Waals surface area contributed by atoms with Gasteiger partial charge >= 0.3 is 0 Å². The van der Waals surface area contributed by atoms with Gasteiger partial charge in [0.15, 0.2) is 5.03 Å². The van der Waals surface area contributed by atoms with E-state index in [-0.39, 0.29) is 0 Å². The number of rotatable bonds is 2. The third-order valence-corrected chi connectivity index (χ3v) is 2.64. The number of hydrogen-bond acceptors (Lipinski definition) is 0. The summed E-state index contributed by atoms with van der Waals surface area (Å²) < 4.78 is 0. The highest BCUT2D eigenvalue weighted by molar-refractivity contribution is 14.1. The molecule has 0 aromatic heterocycles. The first-order valence-electron chi connectivity index (χ1n) is 3.54. The van der Waals surface area contributed by atoms with Crippen molar-refractivity contribution in [3.8, 4) is 0 Å². The highest BCUT2D eigenvalue weighted by Crippen LogP contribution is 2.29. The Bertz CT molecular complexity index is 77.6. The molecule has 0 nitrogen and oxygen atoms in total. The van der Waals surface area contributed by atoms with Crippen molar-refractivity contribution in [1.29, 1.82) is 0 Å². The molecule has 0 aliphatic rings. The standard InChI is InChI=1S/C6H15B2I/c1-5(7-8-9)6(2,3)4/h5,7-8H,1-4H3. The lowest BCUT2D eigenvalue weighted by atomic mass is 9.42. The maximum atomic E-state index is 2.44. The van der Waals surface area contributed by atoms with Gasteiger partial charge in [0.2, 0.25) is 0 Å². The van der Waals surface area contributed by atoms with Crippen LogP contribution in [-0.4, -0.2) is 12.2 Å². The van der Waals surface area contributed by atoms with E-state index in [0.29, 0.717) is 5.41 Å². The lowest BCUT2D eigenvalue weighted by molar-refractivity contribution is 0.397. The van der Waals surface area contributed by atoms with E-state index in [1.54, 1.807) is 0 Å². The molecule has 0 rings (SSSR count). The van der Waals surface area contributed by atoms with Crippen LogP contribution in [0.1, 0.15) is 27.7 Å².